The van der Waals surface area contributed by atoms with Crippen LogP contribution in [0, 0.1) is 18.6 Å². The zero-order valence-electron chi connectivity index (χ0n) is 17.8. The predicted molar refractivity (Wildman–Crippen MR) is 110 cm³/mol. The molecule has 3 heterocycles. The maximum absolute atomic E-state index is 14.1. The van der Waals surface area contributed by atoms with Gasteiger partial charge in [0.2, 0.25) is 5.43 Å². The van der Waals surface area contributed by atoms with Crippen molar-refractivity contribution >= 4 is 11.8 Å². The number of nitrogens with zero attached hydrogens (tertiary/aromatic N) is 2. The average molecular weight is 447 g/mol. The highest BCUT2D eigenvalue weighted by Crippen LogP contribution is 2.32. The molecule has 10 heteroatoms. The highest BCUT2D eigenvalue weighted by Gasteiger charge is 2.41. The van der Waals surface area contributed by atoms with Gasteiger partial charge in [0.05, 0.1) is 24.8 Å². The summed E-state index contributed by atoms with van der Waals surface area (Å²) in [6.07, 6.45) is 0.840. The molecule has 32 heavy (non-hydrogen) atoms. The van der Waals surface area contributed by atoms with E-state index in [1.807, 2.05) is 6.92 Å². The number of aryl methyl sites for hydroxylation is 1. The third kappa shape index (κ3) is 3.54. The Morgan fingerprint density at radius 2 is 1.91 bits per heavy atom. The number of amides is 2. The SMILES string of the molecule is Cc1cc(F)c(CNC(=O)c2cn3c(c(O)c2=O)C(=O)N2C[C@@H]3[C@@H](C)OC[C@H]2C)c(F)c1. The second kappa shape index (κ2) is 8.01. The van der Waals surface area contributed by atoms with Crippen molar-refractivity contribution in [1.82, 2.24) is 14.8 Å². The van der Waals surface area contributed by atoms with Gasteiger partial charge < -0.3 is 24.6 Å². The van der Waals surface area contributed by atoms with E-state index in [4.69, 9.17) is 4.74 Å². The lowest BCUT2D eigenvalue weighted by atomic mass is 10.0. The molecule has 0 aliphatic carbocycles. The molecule has 4 rings (SSSR count). The third-order valence-electron chi connectivity index (χ3n) is 6.04. The largest absolute Gasteiger partial charge is 0.503 e. The van der Waals surface area contributed by atoms with Gasteiger partial charge >= 0.3 is 0 Å². The lowest BCUT2D eigenvalue weighted by Gasteiger charge is -2.37. The zero-order chi connectivity index (χ0) is 23.3. The quantitative estimate of drug-likeness (QED) is 0.748. The van der Waals surface area contributed by atoms with Crippen LogP contribution in [-0.4, -0.2) is 51.7 Å². The molecule has 170 valence electrons. The van der Waals surface area contributed by atoms with Crippen LogP contribution in [0.15, 0.2) is 23.1 Å². The number of rotatable bonds is 3. The van der Waals surface area contributed by atoms with Crippen molar-refractivity contribution < 1.29 is 28.2 Å². The molecular weight excluding hydrogens is 424 g/mol. The Morgan fingerprint density at radius 3 is 2.56 bits per heavy atom. The van der Waals surface area contributed by atoms with E-state index in [0.29, 0.717) is 12.2 Å². The van der Waals surface area contributed by atoms with Gasteiger partial charge in [-0.3, -0.25) is 14.4 Å². The summed E-state index contributed by atoms with van der Waals surface area (Å²) in [7, 11) is 0. The molecule has 2 amide bonds. The Bertz CT molecular complexity index is 1160. The van der Waals surface area contributed by atoms with Crippen LogP contribution in [0.25, 0.3) is 0 Å². The molecule has 1 fully saturated rings. The van der Waals surface area contributed by atoms with E-state index < -0.39 is 52.8 Å². The predicted octanol–water partition coefficient (Wildman–Crippen LogP) is 1.87. The van der Waals surface area contributed by atoms with Gasteiger partial charge in [-0.1, -0.05) is 0 Å². The Hall–Kier alpha value is -3.27. The molecule has 1 aromatic carbocycles. The summed E-state index contributed by atoms with van der Waals surface area (Å²) in [6, 6.07) is 1.59. The molecule has 2 bridgehead atoms. The number of pyridine rings is 1. The van der Waals surface area contributed by atoms with Crippen molar-refractivity contribution in [2.45, 2.75) is 45.5 Å². The molecule has 2 N–H and O–H groups in total. The van der Waals surface area contributed by atoms with E-state index in [0.717, 1.165) is 12.1 Å². The van der Waals surface area contributed by atoms with Crippen LogP contribution in [0.1, 0.15) is 51.9 Å². The number of nitrogens with one attached hydrogen (secondary N) is 1. The molecule has 2 aromatic rings. The first kappa shape index (κ1) is 21.9. The number of carbonyl (C=O) groups is 2. The van der Waals surface area contributed by atoms with E-state index in [1.54, 1.807) is 6.92 Å². The minimum atomic E-state index is -1.03. The van der Waals surface area contributed by atoms with Crippen LogP contribution in [-0.2, 0) is 11.3 Å². The number of aromatic nitrogens is 1. The van der Waals surface area contributed by atoms with Gasteiger partial charge in [-0.25, -0.2) is 8.78 Å². The number of ether oxygens (including phenoxy) is 1. The molecule has 3 atom stereocenters. The zero-order valence-corrected chi connectivity index (χ0v) is 17.8. The standard InChI is InChI=1S/C22H23F2N3O5/c1-10-4-15(23)13(16(24)5-10)6-25-21(30)14-7-27-17-8-26(11(2)9-32-12(17)3)22(31)18(27)20(29)19(14)28/h4-5,7,11-12,17,29H,6,8-9H2,1-3H3,(H,25,30)/t11-,12-,17-/m1/s1. The number of carbonyl (C=O) groups excluding carboxylic acids is 2. The summed E-state index contributed by atoms with van der Waals surface area (Å²) < 4.78 is 35.3. The first-order valence-corrected chi connectivity index (χ1v) is 10.2. The Morgan fingerprint density at radius 1 is 1.25 bits per heavy atom. The Kier molecular flexibility index (Phi) is 5.49. The van der Waals surface area contributed by atoms with Crippen molar-refractivity contribution in [3.8, 4) is 5.75 Å². The molecule has 1 aromatic heterocycles. The Labute approximate surface area is 182 Å². The fourth-order valence-electron chi connectivity index (χ4n) is 4.17. The molecule has 8 nitrogen and oxygen atoms in total. The summed E-state index contributed by atoms with van der Waals surface area (Å²) in [5.41, 5.74) is -1.64. The number of aromatic hydroxyl groups is 1. The number of fused-ring (bicyclic) bond motifs is 4. The fourth-order valence-corrected chi connectivity index (χ4v) is 4.17. The van der Waals surface area contributed by atoms with Gasteiger partial charge in [-0.2, -0.15) is 0 Å². The molecule has 0 spiro atoms. The van der Waals surface area contributed by atoms with Crippen molar-refractivity contribution in [3.63, 3.8) is 0 Å². The molecule has 2 aliphatic heterocycles. The number of benzene rings is 1. The van der Waals surface area contributed by atoms with Crippen molar-refractivity contribution in [2.24, 2.45) is 0 Å². The van der Waals surface area contributed by atoms with Crippen molar-refractivity contribution in [3.05, 3.63) is 62.6 Å². The molecule has 0 unspecified atom stereocenters. The maximum atomic E-state index is 14.1. The highest BCUT2D eigenvalue weighted by atomic mass is 19.1. The van der Waals surface area contributed by atoms with E-state index in [-0.39, 0.29) is 29.9 Å². The van der Waals surface area contributed by atoms with Gasteiger partial charge in [-0.05, 0) is 38.5 Å². The van der Waals surface area contributed by atoms with Gasteiger partial charge in [0, 0.05) is 24.8 Å². The first-order valence-electron chi connectivity index (χ1n) is 10.2. The van der Waals surface area contributed by atoms with Gasteiger partial charge in [0.25, 0.3) is 11.8 Å². The van der Waals surface area contributed by atoms with Crippen LogP contribution in [0.2, 0.25) is 0 Å². The second-order valence-corrected chi connectivity index (χ2v) is 8.28. The van der Waals surface area contributed by atoms with Crippen LogP contribution in [0.5, 0.6) is 5.75 Å². The topological polar surface area (TPSA) is 101 Å². The smallest absolute Gasteiger partial charge is 0.274 e. The van der Waals surface area contributed by atoms with Gasteiger partial charge in [0.15, 0.2) is 11.4 Å². The number of hydrogen-bond acceptors (Lipinski definition) is 5. The van der Waals surface area contributed by atoms with E-state index >= 15 is 0 Å². The average Bonchev–Trinajstić information content (AvgIpc) is 2.85. The first-order chi connectivity index (χ1) is 15.1. The van der Waals surface area contributed by atoms with Crippen LogP contribution in [0.4, 0.5) is 8.78 Å². The van der Waals surface area contributed by atoms with Crippen molar-refractivity contribution in [2.75, 3.05) is 13.2 Å². The lowest BCUT2D eigenvalue weighted by molar-refractivity contribution is 0.0400. The second-order valence-electron chi connectivity index (χ2n) is 8.28. The van der Waals surface area contributed by atoms with Crippen LogP contribution < -0.4 is 10.7 Å². The van der Waals surface area contributed by atoms with Crippen LogP contribution in [0.3, 0.4) is 0 Å². The molecular formula is C22H23F2N3O5. The molecule has 2 aliphatic rings. The molecule has 0 saturated carbocycles. The molecule has 1 saturated heterocycles. The maximum Gasteiger partial charge on any atom is 0.274 e. The fraction of sp³-hybridized carbons (Fsp3) is 0.409. The monoisotopic (exact) mass is 447 g/mol. The highest BCUT2D eigenvalue weighted by molar-refractivity contribution is 5.99. The van der Waals surface area contributed by atoms with Crippen molar-refractivity contribution in [1.29, 1.82) is 0 Å². The summed E-state index contributed by atoms with van der Waals surface area (Å²) in [4.78, 5) is 39.9. The van der Waals surface area contributed by atoms with E-state index in [9.17, 15) is 28.3 Å². The lowest BCUT2D eigenvalue weighted by Crippen LogP contribution is -2.49. The summed E-state index contributed by atoms with van der Waals surface area (Å²) in [5.74, 6) is -3.94. The van der Waals surface area contributed by atoms with E-state index in [1.165, 1.54) is 22.6 Å². The number of hydrogen-bond donors (Lipinski definition) is 2. The summed E-state index contributed by atoms with van der Waals surface area (Å²) in [6.45, 7) is 5.24. The third-order valence-corrected chi connectivity index (χ3v) is 6.04. The summed E-state index contributed by atoms with van der Waals surface area (Å²) >= 11 is 0. The molecule has 0 radical (unpaired) electrons. The summed E-state index contributed by atoms with van der Waals surface area (Å²) in [5, 5.41) is 12.9. The van der Waals surface area contributed by atoms with Gasteiger partial charge in [-0.15, -0.1) is 0 Å². The number of halogens is 2. The normalized spacial score (nSPS) is 22.3. The van der Waals surface area contributed by atoms with E-state index in [2.05, 4.69) is 5.32 Å². The van der Waals surface area contributed by atoms with Crippen LogP contribution >= 0.6 is 0 Å². The minimum Gasteiger partial charge on any atom is -0.503 e. The minimum absolute atomic E-state index is 0.206. The Balaban J connectivity index is 1.70. The van der Waals surface area contributed by atoms with Gasteiger partial charge in [0.1, 0.15) is 17.2 Å².